The van der Waals surface area contributed by atoms with Crippen molar-refractivity contribution in [3.63, 3.8) is 0 Å². The minimum absolute atomic E-state index is 0.674. The molecule has 0 spiro atoms. The Kier molecular flexibility index (Phi) is 4.23. The van der Waals surface area contributed by atoms with Crippen LogP contribution >= 0.6 is 15.9 Å². The third-order valence-electron chi connectivity index (χ3n) is 3.18. The molecule has 0 radical (unpaired) electrons. The second-order valence-electron chi connectivity index (χ2n) is 4.45. The summed E-state index contributed by atoms with van der Waals surface area (Å²) in [6.07, 6.45) is 4.09. The zero-order chi connectivity index (χ0) is 12.3. The number of halogens is 1. The van der Waals surface area contributed by atoms with Gasteiger partial charge in [-0.25, -0.2) is 4.98 Å². The van der Waals surface area contributed by atoms with Gasteiger partial charge in [0.15, 0.2) is 5.82 Å². The Morgan fingerprint density at radius 2 is 2.24 bits per heavy atom. The highest BCUT2D eigenvalue weighted by atomic mass is 79.9. The fourth-order valence-corrected chi connectivity index (χ4v) is 2.61. The molecule has 0 saturated carbocycles. The summed E-state index contributed by atoms with van der Waals surface area (Å²) in [7, 11) is 1.76. The zero-order valence-corrected chi connectivity index (χ0v) is 11.6. The molecule has 1 aromatic rings. The normalized spacial score (nSPS) is 17.4. The van der Waals surface area contributed by atoms with Crippen molar-refractivity contribution in [2.45, 2.75) is 12.8 Å². The average molecular weight is 300 g/mol. The highest BCUT2D eigenvalue weighted by Gasteiger charge is 2.21. The molecule has 2 heterocycles. The van der Waals surface area contributed by atoms with Crippen molar-refractivity contribution >= 4 is 27.4 Å². The number of pyridine rings is 1. The molecule has 0 aromatic carbocycles. The number of aromatic nitrogens is 1. The number of hydrogen-bond acceptors (Lipinski definition) is 4. The number of piperidine rings is 1. The van der Waals surface area contributed by atoms with Gasteiger partial charge >= 0.3 is 0 Å². The van der Waals surface area contributed by atoms with Gasteiger partial charge in [-0.3, -0.25) is 0 Å². The maximum Gasteiger partial charge on any atom is 0.151 e. The van der Waals surface area contributed by atoms with Gasteiger partial charge in [0.2, 0.25) is 0 Å². The standard InChI is InChI=1S/C12H18BrN3O/c1-17-8-9-2-4-16(5-3-9)12-11(14)6-10(13)7-15-12/h6-7,9H,2-5,8,14H2,1H3. The number of rotatable bonds is 3. The molecule has 4 nitrogen and oxygen atoms in total. The predicted octanol–water partition coefficient (Wildman–Crippen LogP) is 2.29. The van der Waals surface area contributed by atoms with Crippen LogP contribution in [0, 0.1) is 5.92 Å². The summed E-state index contributed by atoms with van der Waals surface area (Å²) >= 11 is 3.37. The van der Waals surface area contributed by atoms with E-state index in [0.29, 0.717) is 5.92 Å². The average Bonchev–Trinajstić information content (AvgIpc) is 2.31. The summed E-state index contributed by atoms with van der Waals surface area (Å²) in [5.74, 6) is 1.58. The third kappa shape index (κ3) is 3.10. The molecule has 5 heteroatoms. The SMILES string of the molecule is COCC1CCN(c2ncc(Br)cc2N)CC1. The van der Waals surface area contributed by atoms with E-state index in [1.54, 1.807) is 13.3 Å². The summed E-state index contributed by atoms with van der Waals surface area (Å²) in [6, 6.07) is 1.91. The largest absolute Gasteiger partial charge is 0.396 e. The van der Waals surface area contributed by atoms with Gasteiger partial charge < -0.3 is 15.4 Å². The van der Waals surface area contributed by atoms with E-state index < -0.39 is 0 Å². The molecule has 1 fully saturated rings. The number of anilines is 2. The fraction of sp³-hybridized carbons (Fsp3) is 0.583. The summed E-state index contributed by atoms with van der Waals surface area (Å²) in [4.78, 5) is 6.65. The molecule has 2 N–H and O–H groups in total. The summed E-state index contributed by atoms with van der Waals surface area (Å²) in [5, 5.41) is 0. The van der Waals surface area contributed by atoms with Crippen LogP contribution in [-0.4, -0.2) is 31.8 Å². The van der Waals surface area contributed by atoms with Gasteiger partial charge in [-0.1, -0.05) is 0 Å². The lowest BCUT2D eigenvalue weighted by Crippen LogP contribution is -2.35. The topological polar surface area (TPSA) is 51.4 Å². The summed E-state index contributed by atoms with van der Waals surface area (Å²) in [6.45, 7) is 2.87. The third-order valence-corrected chi connectivity index (χ3v) is 3.61. The Bertz CT molecular complexity index is 378. The van der Waals surface area contributed by atoms with Gasteiger partial charge in [0.05, 0.1) is 5.69 Å². The van der Waals surface area contributed by atoms with Gasteiger partial charge in [-0.15, -0.1) is 0 Å². The minimum Gasteiger partial charge on any atom is -0.396 e. The molecule has 0 unspecified atom stereocenters. The highest BCUT2D eigenvalue weighted by Crippen LogP contribution is 2.27. The van der Waals surface area contributed by atoms with Gasteiger partial charge in [-0.2, -0.15) is 0 Å². The Hall–Kier alpha value is -0.810. The Balaban J connectivity index is 2.00. The van der Waals surface area contributed by atoms with Crippen molar-refractivity contribution in [1.82, 2.24) is 4.98 Å². The quantitative estimate of drug-likeness (QED) is 0.930. The van der Waals surface area contributed by atoms with Crippen LogP contribution in [0.2, 0.25) is 0 Å². The van der Waals surface area contributed by atoms with E-state index in [2.05, 4.69) is 25.8 Å². The van der Waals surface area contributed by atoms with E-state index >= 15 is 0 Å². The van der Waals surface area contributed by atoms with Crippen molar-refractivity contribution in [1.29, 1.82) is 0 Å². The van der Waals surface area contributed by atoms with Crippen LogP contribution in [0.1, 0.15) is 12.8 Å². The number of methoxy groups -OCH3 is 1. The smallest absolute Gasteiger partial charge is 0.151 e. The monoisotopic (exact) mass is 299 g/mol. The molecule has 0 amide bonds. The van der Waals surface area contributed by atoms with Crippen LogP contribution in [0.15, 0.2) is 16.7 Å². The van der Waals surface area contributed by atoms with Crippen molar-refractivity contribution in [3.8, 4) is 0 Å². The molecule has 0 bridgehead atoms. The first-order chi connectivity index (χ1) is 8.20. The van der Waals surface area contributed by atoms with E-state index in [0.717, 1.165) is 48.5 Å². The summed E-state index contributed by atoms with van der Waals surface area (Å²) < 4.78 is 6.12. The Morgan fingerprint density at radius 3 is 2.82 bits per heavy atom. The number of nitrogens with zero attached hydrogens (tertiary/aromatic N) is 2. The molecule has 1 saturated heterocycles. The van der Waals surface area contributed by atoms with Gasteiger partial charge in [-0.05, 0) is 40.8 Å². The number of hydrogen-bond donors (Lipinski definition) is 1. The minimum atomic E-state index is 0.674. The predicted molar refractivity (Wildman–Crippen MR) is 73.2 cm³/mol. The molecule has 0 atom stereocenters. The van der Waals surface area contributed by atoms with Crippen molar-refractivity contribution in [2.24, 2.45) is 5.92 Å². The molecule has 1 aliphatic heterocycles. The van der Waals surface area contributed by atoms with Gasteiger partial charge in [0.1, 0.15) is 0 Å². The van der Waals surface area contributed by atoms with E-state index in [1.807, 2.05) is 6.07 Å². The first kappa shape index (κ1) is 12.6. The van der Waals surface area contributed by atoms with Gasteiger partial charge in [0.25, 0.3) is 0 Å². The van der Waals surface area contributed by atoms with E-state index in [-0.39, 0.29) is 0 Å². The van der Waals surface area contributed by atoms with Crippen molar-refractivity contribution in [2.75, 3.05) is 37.4 Å². The number of nitrogen functional groups attached to an aromatic ring is 1. The Labute approximate surface area is 110 Å². The van der Waals surface area contributed by atoms with Crippen LogP contribution in [0.4, 0.5) is 11.5 Å². The fourth-order valence-electron chi connectivity index (χ4n) is 2.26. The van der Waals surface area contributed by atoms with Crippen LogP contribution in [0.5, 0.6) is 0 Å². The molecule has 2 rings (SSSR count). The lowest BCUT2D eigenvalue weighted by Gasteiger charge is -2.33. The van der Waals surface area contributed by atoms with Crippen LogP contribution < -0.4 is 10.6 Å². The zero-order valence-electron chi connectivity index (χ0n) is 10.0. The van der Waals surface area contributed by atoms with Crippen LogP contribution in [0.25, 0.3) is 0 Å². The Morgan fingerprint density at radius 1 is 1.53 bits per heavy atom. The maximum atomic E-state index is 5.99. The molecule has 0 aliphatic carbocycles. The maximum absolute atomic E-state index is 5.99. The van der Waals surface area contributed by atoms with Gasteiger partial charge in [0, 0.05) is 37.5 Å². The highest BCUT2D eigenvalue weighted by molar-refractivity contribution is 9.10. The molecule has 1 aromatic heterocycles. The first-order valence-electron chi connectivity index (χ1n) is 5.85. The molecule has 94 valence electrons. The summed E-state index contributed by atoms with van der Waals surface area (Å²) in [5.41, 5.74) is 6.73. The first-order valence-corrected chi connectivity index (χ1v) is 6.65. The molecule has 1 aliphatic rings. The molecular formula is C12H18BrN3O. The van der Waals surface area contributed by atoms with Crippen LogP contribution in [-0.2, 0) is 4.74 Å². The van der Waals surface area contributed by atoms with E-state index in [4.69, 9.17) is 10.5 Å². The molecule has 17 heavy (non-hydrogen) atoms. The second kappa shape index (κ2) is 5.69. The van der Waals surface area contributed by atoms with Crippen molar-refractivity contribution < 1.29 is 4.74 Å². The number of nitrogens with two attached hydrogens (primary N) is 1. The second-order valence-corrected chi connectivity index (χ2v) is 5.37. The van der Waals surface area contributed by atoms with E-state index in [1.165, 1.54) is 0 Å². The lowest BCUT2D eigenvalue weighted by atomic mass is 9.98. The number of ether oxygens (including phenoxy) is 1. The molecular weight excluding hydrogens is 282 g/mol. The van der Waals surface area contributed by atoms with Crippen molar-refractivity contribution in [3.05, 3.63) is 16.7 Å². The lowest BCUT2D eigenvalue weighted by molar-refractivity contribution is 0.139. The van der Waals surface area contributed by atoms with E-state index in [9.17, 15) is 0 Å². The van der Waals surface area contributed by atoms with Crippen LogP contribution in [0.3, 0.4) is 0 Å².